The number of anilines is 1. The number of aryl methyl sites for hydroxylation is 1. The molecule has 0 saturated carbocycles. The largest absolute Gasteiger partial charge is 0.496 e. The zero-order chi connectivity index (χ0) is 23.3. The fraction of sp³-hybridized carbons (Fsp3) is 0.435. The summed E-state index contributed by atoms with van der Waals surface area (Å²) in [4.78, 5) is 17.0. The van der Waals surface area contributed by atoms with Gasteiger partial charge in [0.25, 0.3) is 0 Å². The lowest BCUT2D eigenvalue weighted by atomic mass is 10.2. The second-order valence-electron chi connectivity index (χ2n) is 7.60. The zero-order valence-electron chi connectivity index (χ0n) is 19.1. The first kappa shape index (κ1) is 23.9. The van der Waals surface area contributed by atoms with Gasteiger partial charge in [-0.3, -0.25) is 4.79 Å². The molecule has 0 radical (unpaired) electrons. The van der Waals surface area contributed by atoms with Gasteiger partial charge in [-0.2, -0.15) is 4.31 Å². The highest BCUT2D eigenvalue weighted by Gasteiger charge is 2.29. The van der Waals surface area contributed by atoms with E-state index >= 15 is 0 Å². The number of sulfonamides is 1. The van der Waals surface area contributed by atoms with E-state index in [1.807, 2.05) is 24.3 Å². The number of hydrogen-bond donors (Lipinski definition) is 0. The smallest absolute Gasteiger partial charge is 0.243 e. The van der Waals surface area contributed by atoms with Crippen molar-refractivity contribution in [3.63, 3.8) is 0 Å². The van der Waals surface area contributed by atoms with E-state index in [9.17, 15) is 13.2 Å². The number of rotatable bonds is 8. The summed E-state index contributed by atoms with van der Waals surface area (Å²) in [6, 6.07) is 12.5. The SMILES string of the molecule is CCN(CC(=O)N1CCN(c2ccccc2OC)CC1)S(=O)(=O)c1ccc(OC)c(C)c1. The molecule has 1 aliphatic heterocycles. The molecule has 0 aliphatic carbocycles. The Kier molecular flexibility index (Phi) is 7.63. The molecule has 3 rings (SSSR count). The lowest BCUT2D eigenvalue weighted by Gasteiger charge is -2.37. The summed E-state index contributed by atoms with van der Waals surface area (Å²) in [5.74, 6) is 1.22. The predicted molar refractivity (Wildman–Crippen MR) is 124 cm³/mol. The van der Waals surface area contributed by atoms with Crippen LogP contribution < -0.4 is 14.4 Å². The molecule has 8 nitrogen and oxygen atoms in total. The Morgan fingerprint density at radius 2 is 1.66 bits per heavy atom. The molecule has 0 N–H and O–H groups in total. The van der Waals surface area contributed by atoms with Crippen LogP contribution in [0.1, 0.15) is 12.5 Å². The van der Waals surface area contributed by atoms with E-state index in [1.165, 1.54) is 10.4 Å². The third-order valence-electron chi connectivity index (χ3n) is 5.73. The van der Waals surface area contributed by atoms with Crippen LogP contribution in [0, 0.1) is 6.92 Å². The molecule has 1 aliphatic rings. The summed E-state index contributed by atoms with van der Waals surface area (Å²) in [7, 11) is -0.607. The Morgan fingerprint density at radius 1 is 1.00 bits per heavy atom. The van der Waals surface area contributed by atoms with Gasteiger partial charge in [-0.1, -0.05) is 19.1 Å². The van der Waals surface area contributed by atoms with Crippen molar-refractivity contribution in [2.24, 2.45) is 0 Å². The summed E-state index contributed by atoms with van der Waals surface area (Å²) >= 11 is 0. The summed E-state index contributed by atoms with van der Waals surface area (Å²) in [6.07, 6.45) is 0. The minimum atomic E-state index is -3.79. The number of nitrogens with zero attached hydrogens (tertiary/aromatic N) is 3. The maximum Gasteiger partial charge on any atom is 0.243 e. The maximum atomic E-state index is 13.1. The molecule has 0 aromatic heterocycles. The number of para-hydroxylation sites is 2. The number of likely N-dealkylation sites (N-methyl/N-ethyl adjacent to an activating group) is 1. The Hall–Kier alpha value is -2.78. The lowest BCUT2D eigenvalue weighted by Crippen LogP contribution is -2.51. The summed E-state index contributed by atoms with van der Waals surface area (Å²) in [5, 5.41) is 0. The summed E-state index contributed by atoms with van der Waals surface area (Å²) in [6.45, 7) is 5.91. The van der Waals surface area contributed by atoms with Crippen LogP contribution in [0.5, 0.6) is 11.5 Å². The Balaban J connectivity index is 1.66. The van der Waals surface area contributed by atoms with Gasteiger partial charge in [-0.15, -0.1) is 0 Å². The molecule has 0 unspecified atom stereocenters. The Bertz CT molecular complexity index is 1050. The Labute approximate surface area is 190 Å². The van der Waals surface area contributed by atoms with E-state index in [0.29, 0.717) is 31.9 Å². The quantitative estimate of drug-likeness (QED) is 0.601. The van der Waals surface area contributed by atoms with Gasteiger partial charge in [0.15, 0.2) is 0 Å². The van der Waals surface area contributed by atoms with Gasteiger partial charge in [0.1, 0.15) is 11.5 Å². The van der Waals surface area contributed by atoms with Crippen molar-refractivity contribution in [3.8, 4) is 11.5 Å². The van der Waals surface area contributed by atoms with Crippen molar-refractivity contribution in [1.29, 1.82) is 0 Å². The van der Waals surface area contributed by atoms with Crippen LogP contribution in [-0.2, 0) is 14.8 Å². The van der Waals surface area contributed by atoms with Gasteiger partial charge in [0.05, 0.1) is 31.3 Å². The summed E-state index contributed by atoms with van der Waals surface area (Å²) < 4.78 is 38.1. The molecular formula is C23H31N3O5S. The number of carbonyl (C=O) groups is 1. The normalized spacial score (nSPS) is 14.5. The van der Waals surface area contributed by atoms with Crippen LogP contribution in [-0.4, -0.2) is 77.0 Å². The van der Waals surface area contributed by atoms with Crippen molar-refractivity contribution in [1.82, 2.24) is 9.21 Å². The van der Waals surface area contributed by atoms with Gasteiger partial charge in [-0.25, -0.2) is 8.42 Å². The minimum Gasteiger partial charge on any atom is -0.496 e. The Morgan fingerprint density at radius 3 is 2.25 bits per heavy atom. The number of ether oxygens (including phenoxy) is 2. The van der Waals surface area contributed by atoms with Gasteiger partial charge >= 0.3 is 0 Å². The van der Waals surface area contributed by atoms with Crippen LogP contribution in [0.15, 0.2) is 47.4 Å². The van der Waals surface area contributed by atoms with Gasteiger partial charge in [0.2, 0.25) is 15.9 Å². The van der Waals surface area contributed by atoms with Gasteiger partial charge in [0, 0.05) is 32.7 Å². The minimum absolute atomic E-state index is 0.159. The first-order valence-electron chi connectivity index (χ1n) is 10.6. The van der Waals surface area contributed by atoms with Crippen molar-refractivity contribution in [3.05, 3.63) is 48.0 Å². The molecule has 1 saturated heterocycles. The molecule has 0 atom stereocenters. The van der Waals surface area contributed by atoms with Crippen LogP contribution in [0.3, 0.4) is 0 Å². The molecule has 9 heteroatoms. The van der Waals surface area contributed by atoms with E-state index in [2.05, 4.69) is 4.90 Å². The standard InChI is InChI=1S/C23H31N3O5S/c1-5-26(32(28,29)19-10-11-21(30-3)18(2)16-19)17-23(27)25-14-12-24(13-15-25)20-8-6-7-9-22(20)31-4/h6-11,16H,5,12-15,17H2,1-4H3. The lowest BCUT2D eigenvalue weighted by molar-refractivity contribution is -0.131. The van der Waals surface area contributed by atoms with Crippen LogP contribution in [0.25, 0.3) is 0 Å². The van der Waals surface area contributed by atoms with Crippen LogP contribution in [0.2, 0.25) is 0 Å². The van der Waals surface area contributed by atoms with E-state index < -0.39 is 10.0 Å². The molecule has 2 aromatic carbocycles. The fourth-order valence-corrected chi connectivity index (χ4v) is 5.35. The highest BCUT2D eigenvalue weighted by molar-refractivity contribution is 7.89. The van der Waals surface area contributed by atoms with Crippen molar-refractivity contribution in [2.45, 2.75) is 18.7 Å². The molecule has 2 aromatic rings. The molecule has 32 heavy (non-hydrogen) atoms. The predicted octanol–water partition coefficient (Wildman–Crippen LogP) is 2.37. The zero-order valence-corrected chi connectivity index (χ0v) is 19.9. The third-order valence-corrected chi connectivity index (χ3v) is 7.64. The highest BCUT2D eigenvalue weighted by atomic mass is 32.2. The molecule has 1 heterocycles. The van der Waals surface area contributed by atoms with Crippen molar-refractivity contribution >= 4 is 21.6 Å². The van der Waals surface area contributed by atoms with E-state index in [0.717, 1.165) is 17.0 Å². The maximum absolute atomic E-state index is 13.1. The number of carbonyl (C=O) groups excluding carboxylic acids is 1. The van der Waals surface area contributed by atoms with Gasteiger partial charge in [-0.05, 0) is 42.8 Å². The average Bonchev–Trinajstić information content (AvgIpc) is 2.82. The molecular weight excluding hydrogens is 430 g/mol. The first-order valence-corrected chi connectivity index (χ1v) is 12.1. The number of benzene rings is 2. The molecule has 0 spiro atoms. The number of methoxy groups -OCH3 is 2. The summed E-state index contributed by atoms with van der Waals surface area (Å²) in [5.41, 5.74) is 1.72. The third kappa shape index (κ3) is 4.99. The van der Waals surface area contributed by atoms with Crippen molar-refractivity contribution in [2.75, 3.05) is 58.4 Å². The number of piperazine rings is 1. The monoisotopic (exact) mass is 461 g/mol. The van der Waals surface area contributed by atoms with E-state index in [-0.39, 0.29) is 23.9 Å². The van der Waals surface area contributed by atoms with Crippen LogP contribution >= 0.6 is 0 Å². The molecule has 0 bridgehead atoms. The van der Waals surface area contributed by atoms with E-state index in [4.69, 9.17) is 9.47 Å². The fourth-order valence-electron chi connectivity index (χ4n) is 3.87. The number of amides is 1. The topological polar surface area (TPSA) is 79.4 Å². The average molecular weight is 462 g/mol. The molecule has 1 amide bonds. The van der Waals surface area contributed by atoms with Crippen molar-refractivity contribution < 1.29 is 22.7 Å². The second kappa shape index (κ2) is 10.2. The molecule has 1 fully saturated rings. The van der Waals surface area contributed by atoms with E-state index in [1.54, 1.807) is 45.1 Å². The second-order valence-corrected chi connectivity index (χ2v) is 9.54. The number of hydrogen-bond acceptors (Lipinski definition) is 6. The van der Waals surface area contributed by atoms with Gasteiger partial charge < -0.3 is 19.3 Å². The first-order chi connectivity index (χ1) is 15.3. The highest BCUT2D eigenvalue weighted by Crippen LogP contribution is 2.28. The van der Waals surface area contributed by atoms with Crippen LogP contribution in [0.4, 0.5) is 5.69 Å². The molecule has 174 valence electrons.